The van der Waals surface area contributed by atoms with Crippen molar-refractivity contribution in [2.24, 2.45) is 0 Å². The van der Waals surface area contributed by atoms with Crippen LogP contribution in [-0.2, 0) is 6.54 Å². The highest BCUT2D eigenvalue weighted by atomic mass is 35.5. The third-order valence-electron chi connectivity index (χ3n) is 3.22. The fourth-order valence-electron chi connectivity index (χ4n) is 2.22. The molecular formula is C15H12ClN3O2. The Morgan fingerprint density at radius 1 is 1.33 bits per heavy atom. The van der Waals surface area contributed by atoms with Gasteiger partial charge in [0, 0.05) is 24.0 Å². The lowest BCUT2D eigenvalue weighted by molar-refractivity contribution is 0.0706. The van der Waals surface area contributed by atoms with Crippen molar-refractivity contribution < 1.29 is 10.0 Å². The molecule has 0 radical (unpaired) electrons. The van der Waals surface area contributed by atoms with Gasteiger partial charge in [0.25, 0.3) is 5.91 Å². The Morgan fingerprint density at radius 2 is 2.19 bits per heavy atom. The zero-order valence-electron chi connectivity index (χ0n) is 11.0. The molecule has 106 valence electrons. The average molecular weight is 302 g/mol. The molecule has 0 unspecified atom stereocenters. The first-order valence-electron chi connectivity index (χ1n) is 6.31. The molecule has 3 rings (SSSR count). The third-order valence-corrected chi connectivity index (χ3v) is 3.46. The van der Waals surface area contributed by atoms with E-state index in [0.717, 1.165) is 16.6 Å². The van der Waals surface area contributed by atoms with E-state index < -0.39 is 5.91 Å². The largest absolute Gasteiger partial charge is 0.342 e. The summed E-state index contributed by atoms with van der Waals surface area (Å²) in [7, 11) is 0. The van der Waals surface area contributed by atoms with Crippen LogP contribution in [0.25, 0.3) is 11.0 Å². The van der Waals surface area contributed by atoms with Crippen LogP contribution in [0.5, 0.6) is 0 Å². The van der Waals surface area contributed by atoms with E-state index in [0.29, 0.717) is 17.1 Å². The van der Waals surface area contributed by atoms with Crippen molar-refractivity contribution in [2.75, 3.05) is 0 Å². The summed E-state index contributed by atoms with van der Waals surface area (Å²) < 4.78 is 1.97. The van der Waals surface area contributed by atoms with Crippen molar-refractivity contribution in [1.82, 2.24) is 15.0 Å². The van der Waals surface area contributed by atoms with E-state index in [-0.39, 0.29) is 0 Å². The van der Waals surface area contributed by atoms with Crippen LogP contribution in [0.1, 0.15) is 15.9 Å². The molecule has 2 N–H and O–H groups in total. The lowest BCUT2D eigenvalue weighted by Gasteiger charge is -2.07. The maximum absolute atomic E-state index is 11.5. The number of carbonyl (C=O) groups is 1. The van der Waals surface area contributed by atoms with E-state index in [1.54, 1.807) is 11.5 Å². The molecule has 0 spiro atoms. The molecule has 0 saturated carbocycles. The zero-order valence-corrected chi connectivity index (χ0v) is 11.7. The van der Waals surface area contributed by atoms with Crippen LogP contribution in [0.4, 0.5) is 0 Å². The number of hydrogen-bond donors (Lipinski definition) is 2. The number of rotatable bonds is 3. The van der Waals surface area contributed by atoms with Gasteiger partial charge in [-0.25, -0.2) is 5.48 Å². The summed E-state index contributed by atoms with van der Waals surface area (Å²) in [6.07, 6.45) is 3.33. The van der Waals surface area contributed by atoms with Gasteiger partial charge >= 0.3 is 0 Å². The van der Waals surface area contributed by atoms with Gasteiger partial charge in [-0.1, -0.05) is 23.7 Å². The number of hydroxylamine groups is 1. The molecule has 0 aliphatic carbocycles. The number of nitrogens with one attached hydrogen (secondary N) is 1. The average Bonchev–Trinajstić information content (AvgIpc) is 2.89. The van der Waals surface area contributed by atoms with Gasteiger partial charge in [0.1, 0.15) is 0 Å². The number of pyridine rings is 1. The zero-order chi connectivity index (χ0) is 14.8. The van der Waals surface area contributed by atoms with E-state index in [9.17, 15) is 4.79 Å². The van der Waals surface area contributed by atoms with Crippen molar-refractivity contribution in [3.8, 4) is 0 Å². The Morgan fingerprint density at radius 3 is 2.95 bits per heavy atom. The van der Waals surface area contributed by atoms with Gasteiger partial charge in [-0.3, -0.25) is 15.0 Å². The van der Waals surface area contributed by atoms with Crippen LogP contribution in [0.2, 0.25) is 5.02 Å². The predicted molar refractivity (Wildman–Crippen MR) is 79.5 cm³/mol. The van der Waals surface area contributed by atoms with Gasteiger partial charge in [-0.15, -0.1) is 0 Å². The van der Waals surface area contributed by atoms with Crippen LogP contribution >= 0.6 is 11.6 Å². The van der Waals surface area contributed by atoms with Crippen molar-refractivity contribution in [2.45, 2.75) is 6.54 Å². The fourth-order valence-corrected chi connectivity index (χ4v) is 2.43. The highest BCUT2D eigenvalue weighted by Crippen LogP contribution is 2.18. The SMILES string of the molecule is O=C(NO)c1cnc2ccn(Cc3cccc(Cl)c3)c2c1. The summed E-state index contributed by atoms with van der Waals surface area (Å²) in [4.78, 5) is 15.7. The quantitative estimate of drug-likeness (QED) is 0.577. The lowest BCUT2D eigenvalue weighted by Crippen LogP contribution is -2.18. The summed E-state index contributed by atoms with van der Waals surface area (Å²) in [5, 5.41) is 9.38. The van der Waals surface area contributed by atoms with Crippen LogP contribution in [0.15, 0.2) is 48.8 Å². The van der Waals surface area contributed by atoms with Crippen LogP contribution in [0.3, 0.4) is 0 Å². The number of fused-ring (bicyclic) bond motifs is 1. The maximum Gasteiger partial charge on any atom is 0.276 e. The standard InChI is InChI=1S/C15H12ClN3O2/c16-12-3-1-2-10(6-12)9-19-5-4-13-14(19)7-11(8-17-13)15(20)18-21/h1-8,21H,9H2,(H,18,20). The molecule has 21 heavy (non-hydrogen) atoms. The number of halogens is 1. The minimum Gasteiger partial charge on any atom is -0.342 e. The molecule has 1 aromatic carbocycles. The third kappa shape index (κ3) is 2.74. The van der Waals surface area contributed by atoms with Gasteiger partial charge in [0.15, 0.2) is 0 Å². The predicted octanol–water partition coefficient (Wildman–Crippen LogP) is 2.86. The van der Waals surface area contributed by atoms with E-state index in [4.69, 9.17) is 16.8 Å². The Balaban J connectivity index is 2.00. The van der Waals surface area contributed by atoms with Crippen LogP contribution in [-0.4, -0.2) is 20.7 Å². The molecule has 0 aliphatic rings. The first kappa shape index (κ1) is 13.6. The summed E-state index contributed by atoms with van der Waals surface area (Å²) >= 11 is 5.99. The second-order valence-corrected chi connectivity index (χ2v) is 5.08. The van der Waals surface area contributed by atoms with E-state index in [1.807, 2.05) is 41.1 Å². The van der Waals surface area contributed by atoms with Gasteiger partial charge in [-0.2, -0.15) is 0 Å². The monoisotopic (exact) mass is 301 g/mol. The van der Waals surface area contributed by atoms with Crippen molar-refractivity contribution in [3.63, 3.8) is 0 Å². The van der Waals surface area contributed by atoms with E-state index >= 15 is 0 Å². The Labute approximate surface area is 125 Å². The van der Waals surface area contributed by atoms with E-state index in [1.165, 1.54) is 6.20 Å². The number of aromatic nitrogens is 2. The molecule has 1 amide bonds. The second kappa shape index (κ2) is 5.55. The number of carbonyl (C=O) groups excluding carboxylic acids is 1. The smallest absolute Gasteiger partial charge is 0.276 e. The number of hydrogen-bond acceptors (Lipinski definition) is 3. The maximum atomic E-state index is 11.5. The Kier molecular flexibility index (Phi) is 3.60. The molecule has 0 aliphatic heterocycles. The molecule has 3 aromatic rings. The first-order valence-corrected chi connectivity index (χ1v) is 6.69. The molecule has 6 heteroatoms. The van der Waals surface area contributed by atoms with Gasteiger partial charge in [0.2, 0.25) is 0 Å². The Hall–Kier alpha value is -2.37. The normalized spacial score (nSPS) is 10.8. The van der Waals surface area contributed by atoms with Crippen LogP contribution < -0.4 is 5.48 Å². The second-order valence-electron chi connectivity index (χ2n) is 4.64. The number of nitrogens with zero attached hydrogens (tertiary/aromatic N) is 2. The minimum absolute atomic E-state index is 0.302. The lowest BCUT2D eigenvalue weighted by atomic mass is 10.2. The minimum atomic E-state index is -0.583. The van der Waals surface area contributed by atoms with E-state index in [2.05, 4.69) is 4.98 Å². The molecule has 0 saturated heterocycles. The number of benzene rings is 1. The molecule has 0 fully saturated rings. The molecule has 0 atom stereocenters. The summed E-state index contributed by atoms with van der Waals surface area (Å²) in [6.45, 7) is 0.621. The summed E-state index contributed by atoms with van der Waals surface area (Å²) in [6, 6.07) is 11.2. The number of amides is 1. The highest BCUT2D eigenvalue weighted by Gasteiger charge is 2.09. The van der Waals surface area contributed by atoms with Crippen molar-refractivity contribution in [1.29, 1.82) is 0 Å². The Bertz CT molecular complexity index is 814. The topological polar surface area (TPSA) is 67.2 Å². The molecule has 2 aromatic heterocycles. The molecular weight excluding hydrogens is 290 g/mol. The van der Waals surface area contributed by atoms with Crippen molar-refractivity contribution >= 4 is 28.5 Å². The van der Waals surface area contributed by atoms with Gasteiger partial charge in [-0.05, 0) is 29.8 Å². The molecule has 5 nitrogen and oxygen atoms in total. The first-order chi connectivity index (χ1) is 10.2. The van der Waals surface area contributed by atoms with Crippen LogP contribution in [0, 0.1) is 0 Å². The van der Waals surface area contributed by atoms with Gasteiger partial charge < -0.3 is 4.57 Å². The summed E-state index contributed by atoms with van der Waals surface area (Å²) in [5.74, 6) is -0.583. The van der Waals surface area contributed by atoms with Gasteiger partial charge in [0.05, 0.1) is 16.6 Å². The molecule has 0 bridgehead atoms. The fraction of sp³-hybridized carbons (Fsp3) is 0.0667. The summed E-state index contributed by atoms with van der Waals surface area (Å²) in [5.41, 5.74) is 4.56. The highest BCUT2D eigenvalue weighted by molar-refractivity contribution is 6.30. The molecule has 2 heterocycles. The van der Waals surface area contributed by atoms with Crippen molar-refractivity contribution in [3.05, 3.63) is 64.9 Å².